The zero-order chi connectivity index (χ0) is 7.98. The van der Waals surface area contributed by atoms with Gasteiger partial charge in [-0.05, 0) is 26.7 Å². The average Bonchev–Trinajstić information content (AvgIpc) is 1.87. The summed E-state index contributed by atoms with van der Waals surface area (Å²) in [6.07, 6.45) is 4.43. The Labute approximate surface area is 62.1 Å². The van der Waals surface area contributed by atoms with Crippen molar-refractivity contribution in [2.24, 2.45) is 5.73 Å². The molecule has 58 valence electrons. The molecule has 0 aromatic rings. The number of carbonyl (C=O) groups excluding carboxylic acids is 1. The first kappa shape index (κ1) is 9.21. The third-order valence-corrected chi connectivity index (χ3v) is 1.49. The molecule has 0 aliphatic carbocycles. The summed E-state index contributed by atoms with van der Waals surface area (Å²) in [6, 6.07) is 0. The van der Waals surface area contributed by atoms with Gasteiger partial charge in [0.25, 0.3) is 0 Å². The molecular weight excluding hydrogens is 126 g/mol. The number of rotatable bonds is 4. The minimum absolute atomic E-state index is 0.205. The molecule has 0 aliphatic rings. The van der Waals surface area contributed by atoms with Crippen molar-refractivity contribution in [3.05, 3.63) is 11.6 Å². The maximum absolute atomic E-state index is 10.3. The summed E-state index contributed by atoms with van der Waals surface area (Å²) < 4.78 is 0. The van der Waals surface area contributed by atoms with Crippen molar-refractivity contribution in [1.82, 2.24) is 0 Å². The molecule has 0 spiro atoms. The van der Waals surface area contributed by atoms with E-state index in [-0.39, 0.29) is 5.91 Å². The first-order chi connectivity index (χ1) is 4.66. The van der Waals surface area contributed by atoms with E-state index >= 15 is 0 Å². The van der Waals surface area contributed by atoms with Crippen molar-refractivity contribution in [3.8, 4) is 0 Å². The van der Waals surface area contributed by atoms with E-state index in [2.05, 4.69) is 13.0 Å². The minimum Gasteiger partial charge on any atom is -0.370 e. The SMILES string of the molecule is C/C=C(\C)CCCC(N)=O. The molecule has 0 saturated carbocycles. The van der Waals surface area contributed by atoms with Crippen LogP contribution in [0.1, 0.15) is 33.1 Å². The molecule has 0 aromatic heterocycles. The van der Waals surface area contributed by atoms with E-state index in [1.807, 2.05) is 6.92 Å². The summed E-state index contributed by atoms with van der Waals surface area (Å²) >= 11 is 0. The van der Waals surface area contributed by atoms with Gasteiger partial charge in [0.2, 0.25) is 5.91 Å². The van der Waals surface area contributed by atoms with Gasteiger partial charge in [-0.2, -0.15) is 0 Å². The molecule has 0 heterocycles. The van der Waals surface area contributed by atoms with Crippen LogP contribution in [0.15, 0.2) is 11.6 Å². The van der Waals surface area contributed by atoms with Crippen molar-refractivity contribution < 1.29 is 4.79 Å². The monoisotopic (exact) mass is 141 g/mol. The van der Waals surface area contributed by atoms with Crippen LogP contribution >= 0.6 is 0 Å². The molecule has 0 bridgehead atoms. The van der Waals surface area contributed by atoms with Crippen molar-refractivity contribution in [1.29, 1.82) is 0 Å². The minimum atomic E-state index is -0.205. The second kappa shape index (κ2) is 5.03. The lowest BCUT2D eigenvalue weighted by molar-refractivity contribution is -0.118. The Kier molecular flexibility index (Phi) is 4.63. The standard InChI is InChI=1S/C8H15NO/c1-3-7(2)5-4-6-8(9)10/h3H,4-6H2,1-2H3,(H2,9,10)/b7-3+. The summed E-state index contributed by atoms with van der Waals surface area (Å²) in [5.74, 6) is -0.205. The van der Waals surface area contributed by atoms with Crippen LogP contribution in [0.5, 0.6) is 0 Å². The molecule has 0 radical (unpaired) electrons. The van der Waals surface area contributed by atoms with Crippen LogP contribution < -0.4 is 5.73 Å². The quantitative estimate of drug-likeness (QED) is 0.594. The maximum atomic E-state index is 10.3. The summed E-state index contributed by atoms with van der Waals surface area (Å²) in [4.78, 5) is 10.3. The van der Waals surface area contributed by atoms with Gasteiger partial charge < -0.3 is 5.73 Å². The van der Waals surface area contributed by atoms with Crippen LogP contribution in [0.2, 0.25) is 0 Å². The third kappa shape index (κ3) is 5.35. The van der Waals surface area contributed by atoms with Crippen LogP contribution in [-0.2, 0) is 4.79 Å². The van der Waals surface area contributed by atoms with Crippen molar-refractivity contribution in [2.75, 3.05) is 0 Å². The van der Waals surface area contributed by atoms with E-state index in [4.69, 9.17) is 5.73 Å². The number of nitrogens with two attached hydrogens (primary N) is 1. The molecule has 0 atom stereocenters. The van der Waals surface area contributed by atoms with E-state index in [1.54, 1.807) is 0 Å². The Morgan fingerprint density at radius 1 is 1.50 bits per heavy atom. The summed E-state index contributed by atoms with van der Waals surface area (Å²) in [5.41, 5.74) is 6.28. The largest absolute Gasteiger partial charge is 0.370 e. The van der Waals surface area contributed by atoms with E-state index in [0.29, 0.717) is 6.42 Å². The Hall–Kier alpha value is -0.790. The highest BCUT2D eigenvalue weighted by atomic mass is 16.1. The second-order valence-corrected chi connectivity index (χ2v) is 2.45. The Bertz CT molecular complexity index is 138. The fraction of sp³-hybridized carbons (Fsp3) is 0.625. The zero-order valence-electron chi connectivity index (χ0n) is 6.68. The molecule has 0 saturated heterocycles. The van der Waals surface area contributed by atoms with E-state index in [0.717, 1.165) is 12.8 Å². The summed E-state index contributed by atoms with van der Waals surface area (Å²) in [7, 11) is 0. The van der Waals surface area contributed by atoms with Crippen LogP contribution in [-0.4, -0.2) is 5.91 Å². The van der Waals surface area contributed by atoms with Gasteiger partial charge in [-0.1, -0.05) is 11.6 Å². The van der Waals surface area contributed by atoms with Crippen molar-refractivity contribution in [2.45, 2.75) is 33.1 Å². The third-order valence-electron chi connectivity index (χ3n) is 1.49. The number of carbonyl (C=O) groups is 1. The van der Waals surface area contributed by atoms with Crippen LogP contribution in [0.3, 0.4) is 0 Å². The fourth-order valence-electron chi connectivity index (χ4n) is 0.686. The molecule has 2 heteroatoms. The summed E-state index contributed by atoms with van der Waals surface area (Å²) in [5, 5.41) is 0. The highest BCUT2D eigenvalue weighted by Crippen LogP contribution is 2.04. The van der Waals surface area contributed by atoms with Gasteiger partial charge in [0, 0.05) is 6.42 Å². The Balaban J connectivity index is 3.29. The number of amides is 1. The Morgan fingerprint density at radius 2 is 2.10 bits per heavy atom. The van der Waals surface area contributed by atoms with Gasteiger partial charge in [-0.3, -0.25) is 4.79 Å². The average molecular weight is 141 g/mol. The zero-order valence-corrected chi connectivity index (χ0v) is 6.68. The van der Waals surface area contributed by atoms with Gasteiger partial charge in [0.15, 0.2) is 0 Å². The van der Waals surface area contributed by atoms with Crippen LogP contribution in [0.4, 0.5) is 0 Å². The lowest BCUT2D eigenvalue weighted by Crippen LogP contribution is -2.09. The van der Waals surface area contributed by atoms with Gasteiger partial charge in [0.1, 0.15) is 0 Å². The van der Waals surface area contributed by atoms with Crippen molar-refractivity contribution >= 4 is 5.91 Å². The maximum Gasteiger partial charge on any atom is 0.217 e. The first-order valence-electron chi connectivity index (χ1n) is 3.57. The molecule has 10 heavy (non-hydrogen) atoms. The van der Waals surface area contributed by atoms with E-state index in [1.165, 1.54) is 5.57 Å². The normalized spacial score (nSPS) is 11.6. The topological polar surface area (TPSA) is 43.1 Å². The molecule has 0 aromatic carbocycles. The molecule has 2 nitrogen and oxygen atoms in total. The lowest BCUT2D eigenvalue weighted by Gasteiger charge is -1.96. The fourth-order valence-corrected chi connectivity index (χ4v) is 0.686. The van der Waals surface area contributed by atoms with E-state index in [9.17, 15) is 4.79 Å². The summed E-state index contributed by atoms with van der Waals surface area (Å²) in [6.45, 7) is 4.06. The molecule has 0 rings (SSSR count). The molecule has 1 amide bonds. The van der Waals surface area contributed by atoms with Gasteiger partial charge in [-0.25, -0.2) is 0 Å². The molecule has 2 N–H and O–H groups in total. The number of allylic oxidation sites excluding steroid dienone is 2. The smallest absolute Gasteiger partial charge is 0.217 e. The highest BCUT2D eigenvalue weighted by Gasteiger charge is 1.93. The molecule has 0 aliphatic heterocycles. The number of hydrogen-bond acceptors (Lipinski definition) is 1. The predicted octanol–water partition coefficient (Wildman–Crippen LogP) is 1.61. The lowest BCUT2D eigenvalue weighted by atomic mass is 10.1. The highest BCUT2D eigenvalue weighted by molar-refractivity contribution is 5.73. The predicted molar refractivity (Wildman–Crippen MR) is 42.5 cm³/mol. The molecule has 0 unspecified atom stereocenters. The number of hydrogen-bond donors (Lipinski definition) is 1. The van der Waals surface area contributed by atoms with Crippen LogP contribution in [0.25, 0.3) is 0 Å². The van der Waals surface area contributed by atoms with Gasteiger partial charge in [0.05, 0.1) is 0 Å². The van der Waals surface area contributed by atoms with E-state index < -0.39 is 0 Å². The van der Waals surface area contributed by atoms with Crippen molar-refractivity contribution in [3.63, 3.8) is 0 Å². The molecular formula is C8H15NO. The molecule has 0 fully saturated rings. The second-order valence-electron chi connectivity index (χ2n) is 2.45. The first-order valence-corrected chi connectivity index (χ1v) is 3.57. The van der Waals surface area contributed by atoms with Gasteiger partial charge in [-0.15, -0.1) is 0 Å². The van der Waals surface area contributed by atoms with Gasteiger partial charge >= 0.3 is 0 Å². The Morgan fingerprint density at radius 3 is 2.50 bits per heavy atom. The number of primary amides is 1. The van der Waals surface area contributed by atoms with Crippen LogP contribution in [0, 0.1) is 0 Å².